The number of rotatable bonds is 41. The fraction of sp³-hybridized carbons (Fsp3) is 0.623. The van der Waals surface area contributed by atoms with Crippen LogP contribution in [0.1, 0.15) is 188 Å². The summed E-state index contributed by atoms with van der Waals surface area (Å²) in [4.78, 5) is 25.3. The Kier molecular flexibility index (Phi) is 45.1. The molecule has 0 amide bonds. The van der Waals surface area contributed by atoms with E-state index in [-0.39, 0.29) is 25.2 Å². The highest BCUT2D eigenvalue weighted by Crippen LogP contribution is 2.11. The average Bonchev–Trinajstić information content (AvgIpc) is 3.22. The van der Waals surface area contributed by atoms with Crippen LogP contribution in [0.4, 0.5) is 0 Å². The first-order chi connectivity index (χ1) is 28.6. The third kappa shape index (κ3) is 45.3. The van der Waals surface area contributed by atoms with Crippen LogP contribution in [0.25, 0.3) is 0 Å². The van der Waals surface area contributed by atoms with Gasteiger partial charge in [0.05, 0.1) is 6.61 Å². The van der Waals surface area contributed by atoms with Gasteiger partial charge in [0.1, 0.15) is 6.61 Å². The van der Waals surface area contributed by atoms with Gasteiger partial charge in [-0.3, -0.25) is 9.59 Å². The largest absolute Gasteiger partial charge is 0.462 e. The smallest absolute Gasteiger partial charge is 0.306 e. The molecule has 5 heteroatoms. The molecule has 5 nitrogen and oxygen atoms in total. The summed E-state index contributed by atoms with van der Waals surface area (Å²) >= 11 is 0. The molecule has 0 aromatic heterocycles. The van der Waals surface area contributed by atoms with Crippen LogP contribution in [0.15, 0.2) is 109 Å². The number of allylic oxidation sites excluding steroid dienone is 18. The van der Waals surface area contributed by atoms with Crippen LogP contribution in [0, 0.1) is 0 Å². The van der Waals surface area contributed by atoms with Gasteiger partial charge < -0.3 is 14.2 Å². The molecule has 0 aliphatic heterocycles. The molecule has 328 valence electrons. The van der Waals surface area contributed by atoms with E-state index in [2.05, 4.69) is 130 Å². The van der Waals surface area contributed by atoms with Crippen LogP contribution in [-0.4, -0.2) is 37.9 Å². The molecule has 0 bridgehead atoms. The van der Waals surface area contributed by atoms with Crippen LogP contribution in [-0.2, 0) is 23.8 Å². The van der Waals surface area contributed by atoms with Gasteiger partial charge in [0.15, 0.2) is 6.10 Å². The average molecular weight is 803 g/mol. The summed E-state index contributed by atoms with van der Waals surface area (Å²) in [6.45, 7) is 7.41. The van der Waals surface area contributed by atoms with Gasteiger partial charge in [-0.05, 0) is 116 Å². The van der Waals surface area contributed by atoms with Crippen molar-refractivity contribution >= 4 is 11.9 Å². The Morgan fingerprint density at radius 3 is 1.28 bits per heavy atom. The van der Waals surface area contributed by atoms with Gasteiger partial charge in [0, 0.05) is 19.4 Å². The minimum absolute atomic E-state index is 0.0407. The molecule has 0 radical (unpaired) electrons. The molecular weight excluding hydrogens is 717 g/mol. The van der Waals surface area contributed by atoms with E-state index in [1.807, 2.05) is 0 Å². The molecule has 0 fully saturated rings. The lowest BCUT2D eigenvalue weighted by molar-refractivity contribution is -0.163. The van der Waals surface area contributed by atoms with E-state index in [1.165, 1.54) is 38.5 Å². The van der Waals surface area contributed by atoms with E-state index in [4.69, 9.17) is 14.2 Å². The number of unbranched alkanes of at least 4 members (excludes halogenated alkanes) is 12. The fourth-order valence-corrected chi connectivity index (χ4v) is 5.84. The van der Waals surface area contributed by atoms with Crippen LogP contribution in [0.5, 0.6) is 0 Å². The van der Waals surface area contributed by atoms with E-state index < -0.39 is 6.10 Å². The number of carbonyl (C=O) groups is 2. The Morgan fingerprint density at radius 2 is 0.776 bits per heavy atom. The second-order valence-corrected chi connectivity index (χ2v) is 14.9. The second kappa shape index (κ2) is 47.9. The third-order valence-electron chi connectivity index (χ3n) is 9.25. The van der Waals surface area contributed by atoms with Gasteiger partial charge in [-0.25, -0.2) is 0 Å². The first-order valence-corrected chi connectivity index (χ1v) is 23.4. The van der Waals surface area contributed by atoms with E-state index in [0.717, 1.165) is 116 Å². The van der Waals surface area contributed by atoms with Crippen molar-refractivity contribution in [2.45, 2.75) is 194 Å². The monoisotopic (exact) mass is 803 g/mol. The Hall–Kier alpha value is -3.44. The zero-order valence-electron chi connectivity index (χ0n) is 37.5. The van der Waals surface area contributed by atoms with E-state index in [9.17, 15) is 9.59 Å². The van der Waals surface area contributed by atoms with Crippen molar-refractivity contribution < 1.29 is 23.8 Å². The van der Waals surface area contributed by atoms with Crippen molar-refractivity contribution in [3.05, 3.63) is 109 Å². The summed E-state index contributed by atoms with van der Waals surface area (Å²) < 4.78 is 17.3. The lowest BCUT2D eigenvalue weighted by Gasteiger charge is -2.18. The van der Waals surface area contributed by atoms with Gasteiger partial charge in [-0.15, -0.1) is 0 Å². The summed E-state index contributed by atoms with van der Waals surface area (Å²) in [5.74, 6) is -0.495. The van der Waals surface area contributed by atoms with Crippen LogP contribution >= 0.6 is 0 Å². The first-order valence-electron chi connectivity index (χ1n) is 23.4. The molecular formula is C53H86O5. The topological polar surface area (TPSA) is 61.8 Å². The molecule has 0 aromatic rings. The van der Waals surface area contributed by atoms with Gasteiger partial charge in [0.2, 0.25) is 0 Å². The molecule has 0 N–H and O–H groups in total. The molecule has 0 rings (SSSR count). The van der Waals surface area contributed by atoms with Crippen LogP contribution in [0.3, 0.4) is 0 Å². The Bertz CT molecular complexity index is 1180. The normalized spacial score (nSPS) is 13.2. The van der Waals surface area contributed by atoms with Crippen molar-refractivity contribution in [3.63, 3.8) is 0 Å². The van der Waals surface area contributed by atoms with E-state index in [1.54, 1.807) is 0 Å². The third-order valence-corrected chi connectivity index (χ3v) is 9.25. The fourth-order valence-electron chi connectivity index (χ4n) is 5.84. The quantitative estimate of drug-likeness (QED) is 0.0350. The van der Waals surface area contributed by atoms with Crippen molar-refractivity contribution in [2.24, 2.45) is 0 Å². The van der Waals surface area contributed by atoms with Gasteiger partial charge in [-0.2, -0.15) is 0 Å². The second-order valence-electron chi connectivity index (χ2n) is 14.9. The predicted molar refractivity (Wildman–Crippen MR) is 251 cm³/mol. The minimum atomic E-state index is -0.579. The van der Waals surface area contributed by atoms with E-state index >= 15 is 0 Å². The standard InChI is InChI=1S/C53H86O5/c1-4-7-10-13-16-19-22-25-27-29-31-34-37-40-43-46-52(54)57-50-51(49-56-48-45-42-39-36-33-30-26-23-20-17-14-11-8-5-2)58-53(55)47-44-41-38-35-32-28-24-21-18-15-12-9-6-3/h7,9-12,14,16,18-21,23,25,27-28,31-32,34,51H,4-6,8,13,15,17,22,24,26,29-30,33,35-50H2,1-3H3/b10-7-,12-9-,14-11-,19-16-,21-18-,23-20-,27-25-,32-28-,34-31-. The molecule has 0 heterocycles. The Morgan fingerprint density at radius 1 is 0.397 bits per heavy atom. The predicted octanol–water partition coefficient (Wildman–Crippen LogP) is 15.7. The van der Waals surface area contributed by atoms with Crippen molar-refractivity contribution in [3.8, 4) is 0 Å². The van der Waals surface area contributed by atoms with Crippen LogP contribution < -0.4 is 0 Å². The summed E-state index contributed by atoms with van der Waals surface area (Å²) in [6, 6.07) is 0. The summed E-state index contributed by atoms with van der Waals surface area (Å²) in [6.07, 6.45) is 65.2. The molecule has 0 saturated carbocycles. The summed E-state index contributed by atoms with van der Waals surface area (Å²) in [7, 11) is 0. The lowest BCUT2D eigenvalue weighted by Crippen LogP contribution is -2.30. The van der Waals surface area contributed by atoms with Crippen LogP contribution in [0.2, 0.25) is 0 Å². The zero-order valence-corrected chi connectivity index (χ0v) is 37.5. The molecule has 0 aliphatic carbocycles. The molecule has 58 heavy (non-hydrogen) atoms. The molecule has 0 aromatic carbocycles. The molecule has 0 aliphatic rings. The SMILES string of the molecule is CC/C=C\C/C=C\C/C=C\C/C=C\CCCCC(=O)OCC(COCCCCCCCC/C=C\C/C=C\CCC)OC(=O)CCCCC/C=C\C/C=C\C/C=C\CC. The van der Waals surface area contributed by atoms with Crippen molar-refractivity contribution in [1.29, 1.82) is 0 Å². The maximum absolute atomic E-state index is 12.7. The van der Waals surface area contributed by atoms with Gasteiger partial charge in [0.25, 0.3) is 0 Å². The van der Waals surface area contributed by atoms with Crippen molar-refractivity contribution in [2.75, 3.05) is 19.8 Å². The molecule has 0 saturated heterocycles. The number of carbonyl (C=O) groups excluding carboxylic acids is 2. The number of ether oxygens (including phenoxy) is 3. The highest BCUT2D eigenvalue weighted by atomic mass is 16.6. The number of esters is 2. The molecule has 0 spiro atoms. The highest BCUT2D eigenvalue weighted by molar-refractivity contribution is 5.70. The number of hydrogen-bond donors (Lipinski definition) is 0. The molecule has 1 unspecified atom stereocenters. The maximum atomic E-state index is 12.7. The lowest BCUT2D eigenvalue weighted by atomic mass is 10.1. The minimum Gasteiger partial charge on any atom is -0.462 e. The summed E-state index contributed by atoms with van der Waals surface area (Å²) in [5, 5.41) is 0. The zero-order chi connectivity index (χ0) is 42.1. The van der Waals surface area contributed by atoms with Gasteiger partial charge in [-0.1, -0.05) is 169 Å². The van der Waals surface area contributed by atoms with Gasteiger partial charge >= 0.3 is 11.9 Å². The number of hydrogen-bond acceptors (Lipinski definition) is 5. The highest BCUT2D eigenvalue weighted by Gasteiger charge is 2.17. The Labute approximate surface area is 357 Å². The van der Waals surface area contributed by atoms with E-state index in [0.29, 0.717) is 19.4 Å². The maximum Gasteiger partial charge on any atom is 0.306 e. The summed E-state index contributed by atoms with van der Waals surface area (Å²) in [5.41, 5.74) is 0. The van der Waals surface area contributed by atoms with Crippen molar-refractivity contribution in [1.82, 2.24) is 0 Å². The molecule has 1 atom stereocenters. The Balaban J connectivity index is 4.42. The first kappa shape index (κ1) is 54.6.